The Hall–Kier alpha value is -1.83. The van der Waals surface area contributed by atoms with Crippen LogP contribution in [0.2, 0.25) is 0 Å². The Labute approximate surface area is 161 Å². The second-order valence-electron chi connectivity index (χ2n) is 6.58. The monoisotopic (exact) mass is 387 g/mol. The maximum atomic E-state index is 12.7. The third kappa shape index (κ3) is 3.95. The van der Waals surface area contributed by atoms with Gasteiger partial charge in [-0.1, -0.05) is 12.1 Å². The van der Waals surface area contributed by atoms with E-state index in [-0.39, 0.29) is 23.5 Å². The zero-order chi connectivity index (χ0) is 17.9. The first-order valence-electron chi connectivity index (χ1n) is 8.77. The van der Waals surface area contributed by atoms with Crippen molar-refractivity contribution in [2.75, 3.05) is 31.5 Å². The number of thioether (sulfide) groups is 1. The van der Waals surface area contributed by atoms with Gasteiger partial charge < -0.3 is 10.2 Å². The first-order valence-corrected chi connectivity index (χ1v) is 10.6. The molecule has 0 unspecified atom stereocenters. The van der Waals surface area contributed by atoms with Crippen molar-refractivity contribution >= 4 is 40.6 Å². The number of carbonyl (C=O) groups excluding carboxylic acids is 2. The van der Waals surface area contributed by atoms with Gasteiger partial charge in [-0.25, -0.2) is 0 Å². The molecule has 4 rings (SSSR count). The molecule has 26 heavy (non-hydrogen) atoms. The number of hydrogen-bond acceptors (Lipinski definition) is 5. The molecule has 0 bridgehead atoms. The van der Waals surface area contributed by atoms with Crippen molar-refractivity contribution < 1.29 is 9.59 Å². The largest absolute Gasteiger partial charge is 0.340 e. The van der Waals surface area contributed by atoms with Crippen LogP contribution in [-0.2, 0) is 16.1 Å². The molecule has 2 aliphatic rings. The normalized spacial score (nSPS) is 20.5. The fourth-order valence-electron chi connectivity index (χ4n) is 3.31. The zero-order valence-corrected chi connectivity index (χ0v) is 16.0. The van der Waals surface area contributed by atoms with E-state index < -0.39 is 0 Å². The number of amides is 2. The van der Waals surface area contributed by atoms with E-state index in [9.17, 15) is 9.59 Å². The molecular weight excluding hydrogens is 366 g/mol. The van der Waals surface area contributed by atoms with Gasteiger partial charge in [0.15, 0.2) is 0 Å². The topological polar surface area (TPSA) is 52.7 Å². The molecule has 0 radical (unpaired) electrons. The molecule has 136 valence electrons. The van der Waals surface area contributed by atoms with Gasteiger partial charge >= 0.3 is 0 Å². The molecule has 1 aromatic carbocycles. The van der Waals surface area contributed by atoms with E-state index in [1.807, 2.05) is 29.2 Å². The highest BCUT2D eigenvalue weighted by atomic mass is 32.2. The number of nitrogens with one attached hydrogen (secondary N) is 1. The van der Waals surface area contributed by atoms with Crippen molar-refractivity contribution in [1.29, 1.82) is 0 Å². The molecule has 1 N–H and O–H groups in total. The Balaban J connectivity index is 1.30. The van der Waals surface area contributed by atoms with Crippen molar-refractivity contribution in [3.05, 3.63) is 46.7 Å². The van der Waals surface area contributed by atoms with Crippen LogP contribution in [0.3, 0.4) is 0 Å². The van der Waals surface area contributed by atoms with Crippen LogP contribution in [0.5, 0.6) is 0 Å². The van der Waals surface area contributed by atoms with E-state index in [0.717, 1.165) is 43.3 Å². The Morgan fingerprint density at radius 3 is 2.73 bits per heavy atom. The Morgan fingerprint density at radius 1 is 1.15 bits per heavy atom. The van der Waals surface area contributed by atoms with E-state index in [1.165, 1.54) is 17.3 Å². The Morgan fingerprint density at radius 2 is 1.96 bits per heavy atom. The van der Waals surface area contributed by atoms with Crippen LogP contribution in [-0.4, -0.2) is 53.0 Å². The lowest BCUT2D eigenvalue weighted by atomic mass is 10.2. The third-order valence-electron chi connectivity index (χ3n) is 4.78. The fourth-order valence-corrected chi connectivity index (χ4v) is 5.07. The quantitative estimate of drug-likeness (QED) is 0.877. The molecule has 1 saturated heterocycles. The Kier molecular flexibility index (Phi) is 5.28. The molecule has 0 saturated carbocycles. The minimum absolute atomic E-state index is 0.0712. The number of anilines is 1. The molecule has 3 heterocycles. The number of benzene rings is 1. The van der Waals surface area contributed by atoms with E-state index in [1.54, 1.807) is 11.3 Å². The molecule has 2 aliphatic heterocycles. The maximum Gasteiger partial charge on any atom is 0.238 e. The first-order chi connectivity index (χ1) is 12.7. The second kappa shape index (κ2) is 7.82. The van der Waals surface area contributed by atoms with Crippen molar-refractivity contribution in [3.63, 3.8) is 0 Å². The van der Waals surface area contributed by atoms with Crippen molar-refractivity contribution in [1.82, 2.24) is 9.80 Å². The lowest BCUT2D eigenvalue weighted by Gasteiger charge is -2.35. The van der Waals surface area contributed by atoms with Crippen LogP contribution in [0.25, 0.3) is 0 Å². The average Bonchev–Trinajstić information content (AvgIpc) is 3.16. The van der Waals surface area contributed by atoms with Gasteiger partial charge in [-0.3, -0.25) is 14.5 Å². The summed E-state index contributed by atoms with van der Waals surface area (Å²) < 4.78 is 0. The minimum Gasteiger partial charge on any atom is -0.340 e. The molecule has 0 spiro atoms. The summed E-state index contributed by atoms with van der Waals surface area (Å²) >= 11 is 3.21. The lowest BCUT2D eigenvalue weighted by molar-refractivity contribution is -0.134. The van der Waals surface area contributed by atoms with Gasteiger partial charge in [-0.15, -0.1) is 11.8 Å². The molecule has 2 amide bonds. The number of hydrogen-bond donors (Lipinski definition) is 1. The summed E-state index contributed by atoms with van der Waals surface area (Å²) in [5, 5.41) is 6.84. The SMILES string of the molecule is O=C1Nc2ccccc2S[C@@H]1CC(=O)N1CCN(Cc2ccsc2)CC1. The number of rotatable bonds is 4. The molecular formula is C19H21N3O2S2. The number of thiophene rings is 1. The third-order valence-corrected chi connectivity index (χ3v) is 6.79. The summed E-state index contributed by atoms with van der Waals surface area (Å²) in [5.74, 6) is 0.00496. The number of para-hydroxylation sites is 1. The molecule has 2 aromatic rings. The second-order valence-corrected chi connectivity index (χ2v) is 8.61. The molecule has 0 aliphatic carbocycles. The predicted molar refractivity (Wildman–Crippen MR) is 106 cm³/mol. The number of piperazine rings is 1. The molecule has 1 aromatic heterocycles. The number of nitrogens with zero attached hydrogens (tertiary/aromatic N) is 2. The fraction of sp³-hybridized carbons (Fsp3) is 0.368. The van der Waals surface area contributed by atoms with Crippen LogP contribution >= 0.6 is 23.1 Å². The van der Waals surface area contributed by atoms with Gasteiger partial charge in [0.2, 0.25) is 11.8 Å². The molecule has 7 heteroatoms. The van der Waals surface area contributed by atoms with E-state index in [2.05, 4.69) is 27.0 Å². The van der Waals surface area contributed by atoms with Gasteiger partial charge in [0, 0.05) is 44.0 Å². The highest BCUT2D eigenvalue weighted by Gasteiger charge is 2.31. The van der Waals surface area contributed by atoms with Crippen LogP contribution in [0, 0.1) is 0 Å². The molecule has 5 nitrogen and oxygen atoms in total. The molecule has 1 atom stereocenters. The standard InChI is InChI=1S/C19H21N3O2S2/c23-18(11-17-19(24)20-15-3-1-2-4-16(15)26-17)22-8-6-21(7-9-22)12-14-5-10-25-13-14/h1-5,10,13,17H,6-9,11-12H2,(H,20,24)/t17-/m1/s1. The summed E-state index contributed by atoms with van der Waals surface area (Å²) in [6.07, 6.45) is 0.259. The maximum absolute atomic E-state index is 12.7. The summed E-state index contributed by atoms with van der Waals surface area (Å²) in [6, 6.07) is 9.89. The Bertz CT molecular complexity index is 786. The van der Waals surface area contributed by atoms with Gasteiger partial charge in [0.05, 0.1) is 10.9 Å². The summed E-state index contributed by atoms with van der Waals surface area (Å²) in [6.45, 7) is 4.18. The number of carbonyl (C=O) groups is 2. The predicted octanol–water partition coefficient (Wildman–Crippen LogP) is 2.90. The van der Waals surface area contributed by atoms with E-state index >= 15 is 0 Å². The summed E-state index contributed by atoms with van der Waals surface area (Å²) in [5.41, 5.74) is 2.18. The van der Waals surface area contributed by atoms with Crippen LogP contribution in [0.1, 0.15) is 12.0 Å². The highest BCUT2D eigenvalue weighted by molar-refractivity contribution is 8.01. The lowest BCUT2D eigenvalue weighted by Crippen LogP contribution is -2.49. The smallest absolute Gasteiger partial charge is 0.238 e. The van der Waals surface area contributed by atoms with Crippen molar-refractivity contribution in [3.8, 4) is 0 Å². The highest BCUT2D eigenvalue weighted by Crippen LogP contribution is 2.36. The van der Waals surface area contributed by atoms with Crippen LogP contribution < -0.4 is 5.32 Å². The van der Waals surface area contributed by atoms with Gasteiger partial charge in [-0.2, -0.15) is 11.3 Å². The average molecular weight is 388 g/mol. The van der Waals surface area contributed by atoms with Crippen molar-refractivity contribution in [2.24, 2.45) is 0 Å². The van der Waals surface area contributed by atoms with Gasteiger partial charge in [0.1, 0.15) is 0 Å². The summed E-state index contributed by atoms with van der Waals surface area (Å²) in [4.78, 5) is 30.3. The van der Waals surface area contributed by atoms with Crippen LogP contribution in [0.15, 0.2) is 46.0 Å². The zero-order valence-electron chi connectivity index (χ0n) is 14.4. The van der Waals surface area contributed by atoms with Crippen molar-refractivity contribution in [2.45, 2.75) is 23.1 Å². The van der Waals surface area contributed by atoms with E-state index in [0.29, 0.717) is 0 Å². The first kappa shape index (κ1) is 17.6. The van der Waals surface area contributed by atoms with Crippen LogP contribution in [0.4, 0.5) is 5.69 Å². The van der Waals surface area contributed by atoms with Gasteiger partial charge in [0.25, 0.3) is 0 Å². The number of fused-ring (bicyclic) bond motifs is 1. The molecule has 1 fully saturated rings. The summed E-state index contributed by atoms with van der Waals surface area (Å²) in [7, 11) is 0. The minimum atomic E-state index is -0.346. The van der Waals surface area contributed by atoms with Gasteiger partial charge in [-0.05, 0) is 34.5 Å². The van der Waals surface area contributed by atoms with E-state index in [4.69, 9.17) is 0 Å².